The van der Waals surface area contributed by atoms with Crippen molar-refractivity contribution in [1.29, 1.82) is 0 Å². The Labute approximate surface area is 147 Å². The number of halogens is 1. The third-order valence-corrected chi connectivity index (χ3v) is 3.72. The van der Waals surface area contributed by atoms with Gasteiger partial charge in [-0.1, -0.05) is 15.9 Å². The van der Waals surface area contributed by atoms with E-state index in [4.69, 9.17) is 4.42 Å². The van der Waals surface area contributed by atoms with Crippen LogP contribution in [-0.4, -0.2) is 15.9 Å². The van der Waals surface area contributed by atoms with Crippen LogP contribution >= 0.6 is 15.9 Å². The number of hydrogen-bond donors (Lipinski definition) is 2. The average molecular weight is 387 g/mol. The zero-order valence-electron chi connectivity index (χ0n) is 12.9. The van der Waals surface area contributed by atoms with E-state index in [1.807, 2.05) is 43.3 Å². The van der Waals surface area contributed by atoms with Crippen LogP contribution in [0.4, 0.5) is 11.6 Å². The number of amides is 1. The van der Waals surface area contributed by atoms with Crippen LogP contribution in [0.2, 0.25) is 0 Å². The van der Waals surface area contributed by atoms with E-state index in [0.717, 1.165) is 10.2 Å². The Kier molecular flexibility index (Phi) is 4.90. The number of nitrogens with one attached hydrogen (secondary N) is 2. The molecule has 0 aliphatic rings. The van der Waals surface area contributed by atoms with Gasteiger partial charge in [0.25, 0.3) is 5.91 Å². The highest BCUT2D eigenvalue weighted by atomic mass is 79.9. The SMILES string of the molecule is Cc1cc(C(=O)Nc2ccc(Br)cc2)nc(NCc2ccco2)n1. The maximum atomic E-state index is 12.4. The fourth-order valence-electron chi connectivity index (χ4n) is 2.07. The molecule has 2 aromatic heterocycles. The monoisotopic (exact) mass is 386 g/mol. The molecule has 0 atom stereocenters. The zero-order valence-corrected chi connectivity index (χ0v) is 14.5. The van der Waals surface area contributed by atoms with Gasteiger partial charge in [0.2, 0.25) is 5.95 Å². The molecule has 0 saturated carbocycles. The summed E-state index contributed by atoms with van der Waals surface area (Å²) in [4.78, 5) is 20.9. The number of nitrogens with zero attached hydrogens (tertiary/aromatic N) is 2. The zero-order chi connectivity index (χ0) is 16.9. The van der Waals surface area contributed by atoms with Gasteiger partial charge in [-0.05, 0) is 49.4 Å². The molecule has 0 radical (unpaired) electrons. The first-order valence-electron chi connectivity index (χ1n) is 7.29. The molecular weight excluding hydrogens is 372 g/mol. The van der Waals surface area contributed by atoms with E-state index < -0.39 is 0 Å². The molecule has 0 unspecified atom stereocenters. The van der Waals surface area contributed by atoms with Gasteiger partial charge < -0.3 is 15.1 Å². The highest BCUT2D eigenvalue weighted by Gasteiger charge is 2.11. The molecule has 0 bridgehead atoms. The number of hydrogen-bond acceptors (Lipinski definition) is 5. The number of aryl methyl sites for hydroxylation is 1. The van der Waals surface area contributed by atoms with Gasteiger partial charge in [-0.3, -0.25) is 4.79 Å². The molecule has 1 aromatic carbocycles. The molecule has 3 rings (SSSR count). The number of furan rings is 1. The molecule has 0 saturated heterocycles. The molecule has 0 aliphatic carbocycles. The summed E-state index contributed by atoms with van der Waals surface area (Å²) in [6, 6.07) is 12.6. The molecular formula is C17H15BrN4O2. The fourth-order valence-corrected chi connectivity index (χ4v) is 2.34. The maximum absolute atomic E-state index is 12.4. The molecule has 122 valence electrons. The predicted molar refractivity (Wildman–Crippen MR) is 94.9 cm³/mol. The number of anilines is 2. The van der Waals surface area contributed by atoms with Gasteiger partial charge in [0.1, 0.15) is 11.5 Å². The van der Waals surface area contributed by atoms with Crippen LogP contribution in [0, 0.1) is 6.92 Å². The lowest BCUT2D eigenvalue weighted by atomic mass is 10.3. The summed E-state index contributed by atoms with van der Waals surface area (Å²) in [5.41, 5.74) is 1.70. The second kappa shape index (κ2) is 7.27. The largest absolute Gasteiger partial charge is 0.467 e. The molecule has 0 spiro atoms. The van der Waals surface area contributed by atoms with Crippen molar-refractivity contribution in [2.24, 2.45) is 0 Å². The second-order valence-electron chi connectivity index (χ2n) is 5.11. The summed E-state index contributed by atoms with van der Waals surface area (Å²) in [7, 11) is 0. The van der Waals surface area contributed by atoms with Crippen molar-refractivity contribution >= 4 is 33.5 Å². The number of rotatable bonds is 5. The van der Waals surface area contributed by atoms with Gasteiger partial charge in [-0.25, -0.2) is 9.97 Å². The van der Waals surface area contributed by atoms with Crippen molar-refractivity contribution < 1.29 is 9.21 Å². The van der Waals surface area contributed by atoms with Gasteiger partial charge in [0, 0.05) is 15.9 Å². The maximum Gasteiger partial charge on any atom is 0.274 e. The van der Waals surface area contributed by atoms with Crippen molar-refractivity contribution in [1.82, 2.24) is 9.97 Å². The molecule has 0 fully saturated rings. The molecule has 0 aliphatic heterocycles. The standard InChI is InChI=1S/C17H15BrN4O2/c1-11-9-15(16(23)21-13-6-4-12(18)5-7-13)22-17(20-11)19-10-14-3-2-8-24-14/h2-9H,10H2,1H3,(H,21,23)(H,19,20,22). The van der Waals surface area contributed by atoms with E-state index in [1.54, 1.807) is 12.3 Å². The van der Waals surface area contributed by atoms with Gasteiger partial charge in [0.05, 0.1) is 12.8 Å². The minimum absolute atomic E-state index is 0.288. The highest BCUT2D eigenvalue weighted by Crippen LogP contribution is 2.15. The Balaban J connectivity index is 1.72. The van der Waals surface area contributed by atoms with Gasteiger partial charge in [-0.2, -0.15) is 0 Å². The molecule has 6 nitrogen and oxygen atoms in total. The Morgan fingerprint density at radius 2 is 2.00 bits per heavy atom. The molecule has 24 heavy (non-hydrogen) atoms. The third-order valence-electron chi connectivity index (χ3n) is 3.19. The Bertz CT molecular complexity index is 832. The van der Waals surface area contributed by atoms with Crippen molar-refractivity contribution in [3.8, 4) is 0 Å². The Hall–Kier alpha value is -2.67. The van der Waals surface area contributed by atoms with Crippen LogP contribution in [0.25, 0.3) is 0 Å². The van der Waals surface area contributed by atoms with E-state index in [2.05, 4.69) is 36.5 Å². The van der Waals surface area contributed by atoms with Crippen LogP contribution in [0.3, 0.4) is 0 Å². The molecule has 2 N–H and O–H groups in total. The summed E-state index contributed by atoms with van der Waals surface area (Å²) < 4.78 is 6.20. The van der Waals surface area contributed by atoms with Crippen molar-refractivity contribution in [3.05, 3.63) is 70.3 Å². The van der Waals surface area contributed by atoms with Crippen LogP contribution in [0.5, 0.6) is 0 Å². The van der Waals surface area contributed by atoms with E-state index in [-0.39, 0.29) is 5.91 Å². The van der Waals surface area contributed by atoms with Crippen LogP contribution in [0.15, 0.2) is 57.6 Å². The number of aromatic nitrogens is 2. The van der Waals surface area contributed by atoms with E-state index in [9.17, 15) is 4.79 Å². The number of carbonyl (C=O) groups is 1. The van der Waals surface area contributed by atoms with E-state index >= 15 is 0 Å². The van der Waals surface area contributed by atoms with Gasteiger partial charge in [0.15, 0.2) is 0 Å². The van der Waals surface area contributed by atoms with Crippen LogP contribution in [0.1, 0.15) is 21.9 Å². The summed E-state index contributed by atoms with van der Waals surface area (Å²) >= 11 is 3.36. The summed E-state index contributed by atoms with van der Waals surface area (Å²) in [6.45, 7) is 2.26. The second-order valence-corrected chi connectivity index (χ2v) is 6.03. The van der Waals surface area contributed by atoms with Gasteiger partial charge in [-0.15, -0.1) is 0 Å². The lowest BCUT2D eigenvalue weighted by molar-refractivity contribution is 0.102. The minimum Gasteiger partial charge on any atom is -0.467 e. The van der Waals surface area contributed by atoms with Gasteiger partial charge >= 0.3 is 0 Å². The summed E-state index contributed by atoms with van der Waals surface area (Å²) in [6.07, 6.45) is 1.60. The Morgan fingerprint density at radius 1 is 1.21 bits per heavy atom. The fraction of sp³-hybridized carbons (Fsp3) is 0.118. The van der Waals surface area contributed by atoms with Crippen LogP contribution < -0.4 is 10.6 Å². The first-order valence-corrected chi connectivity index (χ1v) is 8.08. The van der Waals surface area contributed by atoms with Crippen molar-refractivity contribution in [3.63, 3.8) is 0 Å². The first-order chi connectivity index (χ1) is 11.6. The smallest absolute Gasteiger partial charge is 0.274 e. The third kappa shape index (κ3) is 4.20. The molecule has 1 amide bonds. The van der Waals surface area contributed by atoms with Crippen LogP contribution in [-0.2, 0) is 6.54 Å². The normalized spacial score (nSPS) is 10.4. The molecule has 7 heteroatoms. The van der Waals surface area contributed by atoms with E-state index in [0.29, 0.717) is 29.6 Å². The van der Waals surface area contributed by atoms with E-state index in [1.165, 1.54) is 0 Å². The average Bonchev–Trinajstić information content (AvgIpc) is 3.08. The highest BCUT2D eigenvalue weighted by molar-refractivity contribution is 9.10. The first kappa shape index (κ1) is 16.2. The number of carbonyl (C=O) groups excluding carboxylic acids is 1. The van der Waals surface area contributed by atoms with Crippen molar-refractivity contribution in [2.45, 2.75) is 13.5 Å². The Morgan fingerprint density at radius 3 is 2.71 bits per heavy atom. The van der Waals surface area contributed by atoms with Crippen molar-refractivity contribution in [2.75, 3.05) is 10.6 Å². The lowest BCUT2D eigenvalue weighted by Crippen LogP contribution is -2.16. The summed E-state index contributed by atoms with van der Waals surface area (Å²) in [5.74, 6) is 0.859. The quantitative estimate of drug-likeness (QED) is 0.692. The molecule has 2 heterocycles. The number of benzene rings is 1. The molecule has 3 aromatic rings. The topological polar surface area (TPSA) is 80.0 Å². The minimum atomic E-state index is -0.288. The lowest BCUT2D eigenvalue weighted by Gasteiger charge is -2.08. The predicted octanol–water partition coefficient (Wildman–Crippen LogP) is 4.00. The summed E-state index contributed by atoms with van der Waals surface area (Å²) in [5, 5.41) is 5.87.